The van der Waals surface area contributed by atoms with Crippen molar-refractivity contribution >= 4 is 35.4 Å². The van der Waals surface area contributed by atoms with Crippen LogP contribution in [-0.4, -0.2) is 74.4 Å². The second-order valence-electron chi connectivity index (χ2n) is 10.6. The number of ether oxygens (including phenoxy) is 4. The molecule has 10 nitrogen and oxygen atoms in total. The van der Waals surface area contributed by atoms with Crippen molar-refractivity contribution in [1.29, 1.82) is 0 Å². The highest BCUT2D eigenvalue weighted by Gasteiger charge is 2.43. The topological polar surface area (TPSA) is 119 Å². The summed E-state index contributed by atoms with van der Waals surface area (Å²) >= 11 is 12.4. The van der Waals surface area contributed by atoms with Crippen LogP contribution in [0.3, 0.4) is 0 Å². The van der Waals surface area contributed by atoms with E-state index < -0.39 is 24.3 Å². The highest BCUT2D eigenvalue weighted by Crippen LogP contribution is 2.45. The monoisotopic (exact) mass is 643 g/mol. The average molecular weight is 645 g/mol. The molecular formula is C32H35Cl2N3O7. The van der Waals surface area contributed by atoms with Gasteiger partial charge in [0.25, 0.3) is 0 Å². The summed E-state index contributed by atoms with van der Waals surface area (Å²) < 4.78 is 21.3. The van der Waals surface area contributed by atoms with Crippen molar-refractivity contribution < 1.29 is 33.6 Å². The number of alkyl carbamates (subject to hydrolysis) is 1. The Bertz CT molecular complexity index is 1410. The van der Waals surface area contributed by atoms with Crippen LogP contribution >= 0.6 is 23.2 Å². The first-order chi connectivity index (χ1) is 21.3. The average Bonchev–Trinajstić information content (AvgIpc) is 3.39. The molecule has 0 aromatic heterocycles. The van der Waals surface area contributed by atoms with E-state index in [1.54, 1.807) is 29.2 Å². The Labute approximate surface area is 266 Å². The SMILES string of the molecule is COCCOC(=O)NCC(O)CCOc1ccc([C@H]2C3=C(CCN2C(=O)Oc2ccc(Cl)cc2)C2C=C(Cl)C=CC2N3)cc1. The highest BCUT2D eigenvalue weighted by atomic mass is 35.5. The number of methoxy groups -OCH3 is 1. The molecule has 2 aromatic rings. The number of nitrogens with one attached hydrogen (secondary N) is 2. The van der Waals surface area contributed by atoms with Crippen LogP contribution in [0.2, 0.25) is 5.02 Å². The molecule has 2 amide bonds. The minimum Gasteiger partial charge on any atom is -0.493 e. The van der Waals surface area contributed by atoms with Crippen molar-refractivity contribution in [2.75, 3.05) is 40.0 Å². The number of allylic oxidation sites excluding steroid dienone is 2. The van der Waals surface area contributed by atoms with Gasteiger partial charge in [0, 0.05) is 48.3 Å². The number of halogens is 2. The van der Waals surface area contributed by atoms with Gasteiger partial charge in [-0.05, 0) is 60.0 Å². The molecule has 2 aromatic carbocycles. The van der Waals surface area contributed by atoms with Crippen molar-refractivity contribution in [2.45, 2.75) is 31.0 Å². The number of aliphatic hydroxyl groups excluding tert-OH is 1. The standard InChI is InChI=1S/C32H35Cl2N3O7/c1-41-16-17-43-31(39)35-19-23(38)13-15-42-24-7-2-20(3-8-24)30-29-26(27-18-22(34)6-11-28(27)36-29)12-14-37(30)32(40)44-25-9-4-21(33)5-10-25/h2-11,18,23,27-28,30,36,38H,12-17,19H2,1H3,(H,35,39)/t23?,27?,28?,30-/m0/s1. The van der Waals surface area contributed by atoms with Gasteiger partial charge in [0.2, 0.25) is 0 Å². The first-order valence-corrected chi connectivity index (χ1v) is 15.2. The second kappa shape index (κ2) is 14.9. The van der Waals surface area contributed by atoms with Crippen LogP contribution in [0.15, 0.2) is 83.1 Å². The molecule has 5 rings (SSSR count). The molecule has 234 valence electrons. The van der Waals surface area contributed by atoms with Crippen LogP contribution in [0, 0.1) is 5.92 Å². The molecule has 3 N–H and O–H groups in total. The molecule has 0 bridgehead atoms. The maximum absolute atomic E-state index is 13.5. The number of nitrogens with zero attached hydrogens (tertiary/aromatic N) is 1. The van der Waals surface area contributed by atoms with E-state index in [-0.39, 0.29) is 31.7 Å². The van der Waals surface area contributed by atoms with Gasteiger partial charge in [-0.15, -0.1) is 0 Å². The Morgan fingerprint density at radius 2 is 1.82 bits per heavy atom. The molecular weight excluding hydrogens is 609 g/mol. The number of fused-ring (bicyclic) bond motifs is 2. The summed E-state index contributed by atoms with van der Waals surface area (Å²) in [7, 11) is 1.52. The summed E-state index contributed by atoms with van der Waals surface area (Å²) in [6.07, 6.45) is 5.13. The number of aliphatic hydroxyl groups is 1. The molecule has 0 spiro atoms. The quantitative estimate of drug-likeness (QED) is 0.282. The maximum atomic E-state index is 13.5. The smallest absolute Gasteiger partial charge is 0.416 e. The van der Waals surface area contributed by atoms with Gasteiger partial charge in [0.05, 0.1) is 25.4 Å². The van der Waals surface area contributed by atoms with Gasteiger partial charge in [-0.2, -0.15) is 0 Å². The van der Waals surface area contributed by atoms with Gasteiger partial charge in [-0.25, -0.2) is 9.59 Å². The Morgan fingerprint density at radius 3 is 2.57 bits per heavy atom. The van der Waals surface area contributed by atoms with E-state index in [4.69, 9.17) is 42.1 Å². The summed E-state index contributed by atoms with van der Waals surface area (Å²) in [5, 5.41) is 17.6. The molecule has 3 unspecified atom stereocenters. The third kappa shape index (κ3) is 7.87. The van der Waals surface area contributed by atoms with E-state index in [2.05, 4.69) is 22.8 Å². The van der Waals surface area contributed by atoms with Crippen molar-refractivity contribution in [2.24, 2.45) is 5.92 Å². The van der Waals surface area contributed by atoms with E-state index in [1.165, 1.54) is 12.7 Å². The molecule has 0 saturated heterocycles. The molecule has 12 heteroatoms. The Morgan fingerprint density at radius 1 is 1.07 bits per heavy atom. The number of carbonyl (C=O) groups excluding carboxylic acids is 2. The first-order valence-electron chi connectivity index (χ1n) is 14.4. The number of hydrogen-bond acceptors (Lipinski definition) is 8. The van der Waals surface area contributed by atoms with Gasteiger partial charge >= 0.3 is 12.2 Å². The third-order valence-corrected chi connectivity index (χ3v) is 8.14. The number of benzene rings is 2. The fraction of sp³-hybridized carbons (Fsp3) is 0.375. The maximum Gasteiger partial charge on any atom is 0.416 e. The summed E-state index contributed by atoms with van der Waals surface area (Å²) in [6, 6.07) is 13.9. The van der Waals surface area contributed by atoms with Crippen LogP contribution in [0.1, 0.15) is 24.4 Å². The van der Waals surface area contributed by atoms with Gasteiger partial charge in [-0.1, -0.05) is 47.5 Å². The van der Waals surface area contributed by atoms with Crippen molar-refractivity contribution in [3.63, 3.8) is 0 Å². The lowest BCUT2D eigenvalue weighted by Crippen LogP contribution is -2.43. The van der Waals surface area contributed by atoms with Crippen LogP contribution in [0.5, 0.6) is 11.5 Å². The molecule has 44 heavy (non-hydrogen) atoms. The van der Waals surface area contributed by atoms with Gasteiger partial charge in [0.15, 0.2) is 0 Å². The first kappa shape index (κ1) is 31.7. The fourth-order valence-corrected chi connectivity index (χ4v) is 5.81. The number of rotatable bonds is 11. The normalized spacial score (nSPS) is 21.0. The lowest BCUT2D eigenvalue weighted by molar-refractivity contribution is 0.0910. The minimum absolute atomic E-state index is 0.0414. The van der Waals surface area contributed by atoms with E-state index in [9.17, 15) is 14.7 Å². The Balaban J connectivity index is 1.25. The predicted octanol–water partition coefficient (Wildman–Crippen LogP) is 5.32. The van der Waals surface area contributed by atoms with E-state index in [0.29, 0.717) is 47.5 Å². The lowest BCUT2D eigenvalue weighted by atomic mass is 9.85. The molecule has 2 heterocycles. The molecule has 0 radical (unpaired) electrons. The van der Waals surface area contributed by atoms with Gasteiger partial charge in [-0.3, -0.25) is 4.90 Å². The zero-order valence-electron chi connectivity index (χ0n) is 24.2. The Kier molecular flexibility index (Phi) is 10.7. The lowest BCUT2D eigenvalue weighted by Gasteiger charge is -2.37. The van der Waals surface area contributed by atoms with E-state index in [1.807, 2.05) is 30.3 Å². The summed E-state index contributed by atoms with van der Waals surface area (Å²) in [4.78, 5) is 26.9. The molecule has 3 aliphatic rings. The summed E-state index contributed by atoms with van der Waals surface area (Å²) in [5.41, 5.74) is 3.08. The van der Waals surface area contributed by atoms with Crippen LogP contribution in [0.25, 0.3) is 0 Å². The number of hydrogen-bond donors (Lipinski definition) is 3. The van der Waals surface area contributed by atoms with E-state index in [0.717, 1.165) is 11.3 Å². The predicted molar refractivity (Wildman–Crippen MR) is 166 cm³/mol. The second-order valence-corrected chi connectivity index (χ2v) is 11.5. The number of carbonyl (C=O) groups is 2. The fourth-order valence-electron chi connectivity index (χ4n) is 5.47. The summed E-state index contributed by atoms with van der Waals surface area (Å²) in [5.74, 6) is 1.14. The molecule has 1 aliphatic carbocycles. The van der Waals surface area contributed by atoms with Crippen molar-refractivity contribution in [3.05, 3.63) is 93.6 Å². The highest BCUT2D eigenvalue weighted by molar-refractivity contribution is 6.31. The molecule has 0 fully saturated rings. The molecule has 4 atom stereocenters. The molecule has 0 saturated carbocycles. The zero-order valence-corrected chi connectivity index (χ0v) is 25.7. The third-order valence-electron chi connectivity index (χ3n) is 7.64. The van der Waals surface area contributed by atoms with Crippen LogP contribution < -0.4 is 20.1 Å². The zero-order chi connectivity index (χ0) is 31.1. The Hall–Kier alpha value is -3.70. The number of amides is 2. The van der Waals surface area contributed by atoms with Gasteiger partial charge < -0.3 is 34.7 Å². The van der Waals surface area contributed by atoms with Crippen molar-refractivity contribution in [1.82, 2.24) is 15.5 Å². The van der Waals surface area contributed by atoms with Crippen LogP contribution in [-0.2, 0) is 9.47 Å². The largest absolute Gasteiger partial charge is 0.493 e. The summed E-state index contributed by atoms with van der Waals surface area (Å²) in [6.45, 7) is 1.19. The molecule has 2 aliphatic heterocycles. The minimum atomic E-state index is -0.800. The van der Waals surface area contributed by atoms with Crippen LogP contribution in [0.4, 0.5) is 9.59 Å². The van der Waals surface area contributed by atoms with E-state index >= 15 is 0 Å². The van der Waals surface area contributed by atoms with Gasteiger partial charge in [0.1, 0.15) is 24.1 Å². The van der Waals surface area contributed by atoms with Crippen molar-refractivity contribution in [3.8, 4) is 11.5 Å².